The van der Waals surface area contributed by atoms with Crippen molar-refractivity contribution < 1.29 is 0 Å². The van der Waals surface area contributed by atoms with E-state index in [0.717, 1.165) is 31.4 Å². The Bertz CT molecular complexity index is 3110. The van der Waals surface area contributed by atoms with Crippen LogP contribution in [0.5, 0.6) is 0 Å². The minimum Gasteiger partial charge on any atom is -0.344 e. The number of para-hydroxylation sites is 3. The van der Waals surface area contributed by atoms with Crippen LogP contribution in [-0.2, 0) is 0 Å². The van der Waals surface area contributed by atoms with Crippen molar-refractivity contribution in [2.75, 3.05) is 11.9 Å². The number of allylic oxidation sites excluding steroid dienone is 7. The molecule has 0 spiro atoms. The third kappa shape index (κ3) is 5.57. The fraction of sp³-hybridized carbons (Fsp3) is 0.0909. The maximum Gasteiger partial charge on any atom is 0.0618 e. The highest BCUT2D eigenvalue weighted by Gasteiger charge is 2.22. The molecule has 0 amide bonds. The summed E-state index contributed by atoms with van der Waals surface area (Å²) in [6, 6.07) is 60.2. The largest absolute Gasteiger partial charge is 0.344 e. The lowest BCUT2D eigenvalue weighted by molar-refractivity contribution is 0.870. The summed E-state index contributed by atoms with van der Waals surface area (Å²) in [7, 11) is 2.23. The lowest BCUT2D eigenvalue weighted by Crippen LogP contribution is -2.19. The minimum atomic E-state index is 1.09. The molecule has 2 heterocycles. The van der Waals surface area contributed by atoms with Gasteiger partial charge in [0.15, 0.2) is 0 Å². The van der Waals surface area contributed by atoms with Gasteiger partial charge in [0, 0.05) is 56.8 Å². The van der Waals surface area contributed by atoms with Crippen molar-refractivity contribution in [3.63, 3.8) is 0 Å². The van der Waals surface area contributed by atoms with Crippen LogP contribution >= 0.6 is 0 Å². The Balaban J connectivity index is 1.11. The number of aromatic nitrogens is 2. The van der Waals surface area contributed by atoms with Gasteiger partial charge in [0.2, 0.25) is 0 Å². The Morgan fingerprint density at radius 2 is 1.07 bits per heavy atom. The molecule has 2 aliphatic rings. The summed E-state index contributed by atoms with van der Waals surface area (Å²) < 4.78 is 4.95. The van der Waals surface area contributed by atoms with E-state index in [2.05, 4.69) is 215 Å². The smallest absolute Gasteiger partial charge is 0.0618 e. The summed E-state index contributed by atoms with van der Waals surface area (Å²) in [5.74, 6) is 0. The number of benzene rings is 7. The van der Waals surface area contributed by atoms with E-state index >= 15 is 0 Å². The zero-order chi connectivity index (χ0) is 38.6. The third-order valence-electron chi connectivity index (χ3n) is 12.3. The van der Waals surface area contributed by atoms with Gasteiger partial charge in [-0.1, -0.05) is 140 Å². The van der Waals surface area contributed by atoms with Crippen molar-refractivity contribution in [2.45, 2.75) is 25.7 Å². The van der Waals surface area contributed by atoms with E-state index in [1.165, 1.54) is 94.1 Å². The summed E-state index contributed by atoms with van der Waals surface area (Å²) in [6.07, 6.45) is 15.9. The molecular formula is C55H43N3. The van der Waals surface area contributed by atoms with E-state index in [0.29, 0.717) is 0 Å². The van der Waals surface area contributed by atoms with Gasteiger partial charge in [-0.2, -0.15) is 0 Å². The number of fused-ring (bicyclic) bond motifs is 6. The topological polar surface area (TPSA) is 13.1 Å². The molecule has 2 aliphatic carbocycles. The van der Waals surface area contributed by atoms with E-state index in [4.69, 9.17) is 0 Å². The molecule has 0 saturated carbocycles. The fourth-order valence-electron chi connectivity index (χ4n) is 9.56. The number of likely N-dealkylation sites (N-methyl/N-ethyl adjacent to an activating group) is 1. The Morgan fingerprint density at radius 3 is 1.76 bits per heavy atom. The Hall–Kier alpha value is -7.10. The molecule has 11 rings (SSSR count). The molecule has 3 nitrogen and oxygen atoms in total. The Morgan fingerprint density at radius 1 is 0.483 bits per heavy atom. The zero-order valence-corrected chi connectivity index (χ0v) is 32.6. The highest BCUT2D eigenvalue weighted by atomic mass is 15.1. The first kappa shape index (κ1) is 34.2. The second kappa shape index (κ2) is 14.1. The molecule has 7 aromatic carbocycles. The van der Waals surface area contributed by atoms with Gasteiger partial charge in [0.25, 0.3) is 0 Å². The molecule has 0 aliphatic heterocycles. The monoisotopic (exact) mass is 745 g/mol. The number of anilines is 1. The molecule has 0 atom stereocenters. The third-order valence-corrected chi connectivity index (χ3v) is 12.3. The summed E-state index contributed by atoms with van der Waals surface area (Å²) in [6.45, 7) is 0. The lowest BCUT2D eigenvalue weighted by atomic mass is 9.89. The van der Waals surface area contributed by atoms with Crippen molar-refractivity contribution in [3.05, 3.63) is 211 Å². The van der Waals surface area contributed by atoms with Crippen LogP contribution in [0.4, 0.5) is 5.69 Å². The van der Waals surface area contributed by atoms with Gasteiger partial charge in [0.1, 0.15) is 0 Å². The number of rotatable bonds is 7. The Labute approximate surface area is 339 Å². The molecule has 58 heavy (non-hydrogen) atoms. The van der Waals surface area contributed by atoms with Crippen LogP contribution in [0.25, 0.3) is 77.2 Å². The normalized spacial score (nSPS) is 14.3. The average molecular weight is 746 g/mol. The number of hydrogen-bond donors (Lipinski definition) is 0. The summed E-state index contributed by atoms with van der Waals surface area (Å²) in [5, 5.41) is 4.98. The van der Waals surface area contributed by atoms with Crippen molar-refractivity contribution in [2.24, 2.45) is 0 Å². The van der Waals surface area contributed by atoms with Crippen molar-refractivity contribution in [3.8, 4) is 33.6 Å². The fourth-order valence-corrected chi connectivity index (χ4v) is 9.56. The van der Waals surface area contributed by atoms with Gasteiger partial charge < -0.3 is 14.0 Å². The molecule has 0 bridgehead atoms. The van der Waals surface area contributed by atoms with Crippen molar-refractivity contribution in [1.82, 2.24) is 9.13 Å². The van der Waals surface area contributed by atoms with E-state index in [-0.39, 0.29) is 0 Å². The van der Waals surface area contributed by atoms with Crippen LogP contribution in [0.1, 0.15) is 25.7 Å². The first-order valence-electron chi connectivity index (χ1n) is 20.5. The Kier molecular flexibility index (Phi) is 8.32. The van der Waals surface area contributed by atoms with E-state index in [1.54, 1.807) is 0 Å². The quantitative estimate of drug-likeness (QED) is 0.158. The van der Waals surface area contributed by atoms with Gasteiger partial charge >= 0.3 is 0 Å². The zero-order valence-electron chi connectivity index (χ0n) is 32.6. The molecule has 0 fully saturated rings. The first-order valence-corrected chi connectivity index (χ1v) is 20.5. The van der Waals surface area contributed by atoms with Gasteiger partial charge in [-0.3, -0.25) is 0 Å². The second-order valence-electron chi connectivity index (χ2n) is 15.6. The lowest BCUT2D eigenvalue weighted by Gasteiger charge is -2.28. The SMILES string of the molecule is CN(C1=C(C2=CC=CCC2)CCC=C1)c1ccc2c(c1)c1ccccc1n2-c1ccc2c(c1)c1ccccc1n2-c1c(-c2ccccc2)cccc1-c1ccccc1. The predicted octanol–water partition coefficient (Wildman–Crippen LogP) is 14.5. The molecule has 0 saturated heterocycles. The first-order chi connectivity index (χ1) is 28.7. The van der Waals surface area contributed by atoms with Gasteiger partial charge in [-0.05, 0) is 103 Å². The molecule has 0 N–H and O–H groups in total. The van der Waals surface area contributed by atoms with Crippen LogP contribution < -0.4 is 4.90 Å². The standard InChI is InChI=1S/C55H43N3/c1-56(50-29-14-11-24-43(50)38-18-5-2-6-19-38)41-32-34-53-48(36-41)46-25-12-15-30-51(46)57(53)42-33-35-54-49(37-42)47-26-13-16-31-52(47)58(54)55-44(39-20-7-3-8-21-39)27-17-28-45(55)40-22-9-4-10-23-40/h2-5,7-10,12-18,20-23,25-37H,6,11,19,24H2,1H3. The molecule has 3 heteroatoms. The average Bonchev–Trinajstić information content (AvgIpc) is 3.81. The highest BCUT2D eigenvalue weighted by molar-refractivity contribution is 6.13. The van der Waals surface area contributed by atoms with E-state index in [1.807, 2.05) is 0 Å². The summed E-state index contributed by atoms with van der Waals surface area (Å²) >= 11 is 0. The van der Waals surface area contributed by atoms with Crippen LogP contribution in [0.15, 0.2) is 211 Å². The van der Waals surface area contributed by atoms with E-state index in [9.17, 15) is 0 Å². The highest BCUT2D eigenvalue weighted by Crippen LogP contribution is 2.43. The molecule has 0 unspecified atom stereocenters. The summed E-state index contributed by atoms with van der Waals surface area (Å²) in [4.78, 5) is 2.40. The van der Waals surface area contributed by atoms with Gasteiger partial charge in [-0.15, -0.1) is 0 Å². The van der Waals surface area contributed by atoms with Crippen LogP contribution in [0.3, 0.4) is 0 Å². The van der Waals surface area contributed by atoms with Gasteiger partial charge in [0.05, 0.1) is 27.8 Å². The predicted molar refractivity (Wildman–Crippen MR) is 246 cm³/mol. The molecule has 0 radical (unpaired) electrons. The van der Waals surface area contributed by atoms with Gasteiger partial charge in [-0.25, -0.2) is 0 Å². The minimum absolute atomic E-state index is 1.09. The molecule has 9 aromatic rings. The second-order valence-corrected chi connectivity index (χ2v) is 15.6. The van der Waals surface area contributed by atoms with Crippen LogP contribution in [-0.4, -0.2) is 16.2 Å². The maximum absolute atomic E-state index is 2.50. The van der Waals surface area contributed by atoms with E-state index < -0.39 is 0 Å². The van der Waals surface area contributed by atoms with Crippen molar-refractivity contribution in [1.29, 1.82) is 0 Å². The van der Waals surface area contributed by atoms with Crippen LogP contribution in [0.2, 0.25) is 0 Å². The van der Waals surface area contributed by atoms with Crippen molar-refractivity contribution >= 4 is 49.3 Å². The molecular weight excluding hydrogens is 703 g/mol. The van der Waals surface area contributed by atoms with Crippen LogP contribution in [0, 0.1) is 0 Å². The molecule has 2 aromatic heterocycles. The summed E-state index contributed by atoms with van der Waals surface area (Å²) in [5.41, 5.74) is 17.4. The number of hydrogen-bond acceptors (Lipinski definition) is 1. The maximum atomic E-state index is 2.50. The molecule has 278 valence electrons. The number of nitrogens with zero attached hydrogens (tertiary/aromatic N) is 3.